The van der Waals surface area contributed by atoms with Crippen molar-refractivity contribution in [2.24, 2.45) is 0 Å². The molecule has 1 aliphatic heterocycles. The number of phenols is 1. The fourth-order valence-corrected chi connectivity index (χ4v) is 5.12. The zero-order valence-corrected chi connectivity index (χ0v) is 22.7. The molecule has 2 aliphatic rings. The summed E-state index contributed by atoms with van der Waals surface area (Å²) < 4.78 is 0. The smallest absolute Gasteiger partial charge is 0.255 e. The van der Waals surface area contributed by atoms with Crippen molar-refractivity contribution in [1.29, 1.82) is 0 Å². The van der Waals surface area contributed by atoms with E-state index in [0.717, 1.165) is 37.8 Å². The van der Waals surface area contributed by atoms with Crippen molar-refractivity contribution in [3.8, 4) is 5.75 Å². The van der Waals surface area contributed by atoms with Gasteiger partial charge in [-0.2, -0.15) is 0 Å². The van der Waals surface area contributed by atoms with Gasteiger partial charge in [0.15, 0.2) is 0 Å². The van der Waals surface area contributed by atoms with Crippen molar-refractivity contribution < 1.29 is 14.7 Å². The highest BCUT2D eigenvalue weighted by Gasteiger charge is 2.27. The SMILES string of the molecule is CC.CNCc1cccc(C2CCN(C(=O)c3cccc(NC(=O)c4ccc(C5CC5)c(O)c4)c3)CC2)c1. The Labute approximate surface area is 226 Å². The molecule has 0 aromatic heterocycles. The molecule has 1 heterocycles. The highest BCUT2D eigenvalue weighted by atomic mass is 16.3. The third kappa shape index (κ3) is 6.62. The number of hydrogen-bond donors (Lipinski definition) is 3. The lowest BCUT2D eigenvalue weighted by molar-refractivity contribution is 0.0712. The van der Waals surface area contributed by atoms with E-state index in [2.05, 4.69) is 34.9 Å². The maximum Gasteiger partial charge on any atom is 0.255 e. The number of likely N-dealkylation sites (tertiary alicyclic amines) is 1. The van der Waals surface area contributed by atoms with Gasteiger partial charge in [-0.3, -0.25) is 9.59 Å². The van der Waals surface area contributed by atoms with Crippen LogP contribution in [0.3, 0.4) is 0 Å². The van der Waals surface area contributed by atoms with E-state index in [1.165, 1.54) is 17.2 Å². The van der Waals surface area contributed by atoms with Crippen molar-refractivity contribution in [2.45, 2.75) is 57.9 Å². The Hall–Kier alpha value is -3.64. The number of anilines is 1. The van der Waals surface area contributed by atoms with E-state index in [4.69, 9.17) is 0 Å². The summed E-state index contributed by atoms with van der Waals surface area (Å²) in [4.78, 5) is 27.9. The summed E-state index contributed by atoms with van der Waals surface area (Å²) >= 11 is 0. The molecule has 1 saturated heterocycles. The van der Waals surface area contributed by atoms with E-state index >= 15 is 0 Å². The van der Waals surface area contributed by atoms with Gasteiger partial charge in [0.1, 0.15) is 5.75 Å². The maximum absolute atomic E-state index is 13.2. The zero-order valence-electron chi connectivity index (χ0n) is 22.7. The van der Waals surface area contributed by atoms with Crippen molar-refractivity contribution in [2.75, 3.05) is 25.5 Å². The van der Waals surface area contributed by atoms with Gasteiger partial charge in [-0.25, -0.2) is 0 Å². The van der Waals surface area contributed by atoms with Crippen LogP contribution >= 0.6 is 0 Å². The molecule has 0 bridgehead atoms. The van der Waals surface area contributed by atoms with Crippen molar-refractivity contribution in [3.05, 3.63) is 94.5 Å². The monoisotopic (exact) mass is 513 g/mol. The molecule has 2 fully saturated rings. The fraction of sp³-hybridized carbons (Fsp3) is 0.375. The van der Waals surface area contributed by atoms with Crippen LogP contribution in [0.15, 0.2) is 66.7 Å². The second-order valence-corrected chi connectivity index (χ2v) is 9.92. The van der Waals surface area contributed by atoms with Crippen LogP contribution in [0, 0.1) is 0 Å². The lowest BCUT2D eigenvalue weighted by Gasteiger charge is -2.32. The van der Waals surface area contributed by atoms with Gasteiger partial charge < -0.3 is 20.6 Å². The Morgan fingerprint density at radius 1 is 0.868 bits per heavy atom. The largest absolute Gasteiger partial charge is 0.508 e. The van der Waals surface area contributed by atoms with Gasteiger partial charge in [0.05, 0.1) is 0 Å². The van der Waals surface area contributed by atoms with E-state index in [-0.39, 0.29) is 17.6 Å². The fourth-order valence-electron chi connectivity index (χ4n) is 5.12. The number of benzene rings is 3. The minimum Gasteiger partial charge on any atom is -0.508 e. The summed E-state index contributed by atoms with van der Waals surface area (Å²) in [5.41, 5.74) is 5.06. The number of phenolic OH excluding ortho intramolecular Hbond substituents is 1. The molecule has 5 rings (SSSR count). The van der Waals surface area contributed by atoms with Gasteiger partial charge in [-0.05, 0) is 91.6 Å². The first-order chi connectivity index (χ1) is 18.5. The predicted molar refractivity (Wildman–Crippen MR) is 153 cm³/mol. The van der Waals surface area contributed by atoms with Gasteiger partial charge in [0.25, 0.3) is 11.8 Å². The van der Waals surface area contributed by atoms with Gasteiger partial charge in [-0.1, -0.05) is 50.2 Å². The molecule has 200 valence electrons. The first kappa shape index (κ1) is 27.4. The van der Waals surface area contributed by atoms with Gasteiger partial charge in [0.2, 0.25) is 0 Å². The molecule has 6 nitrogen and oxygen atoms in total. The van der Waals surface area contributed by atoms with Crippen LogP contribution in [0.5, 0.6) is 5.75 Å². The molecule has 0 atom stereocenters. The number of nitrogens with zero attached hydrogens (tertiary/aromatic N) is 1. The van der Waals surface area contributed by atoms with E-state index in [1.54, 1.807) is 30.3 Å². The molecule has 3 aromatic carbocycles. The Bertz CT molecular complexity index is 1260. The van der Waals surface area contributed by atoms with Crippen molar-refractivity contribution in [1.82, 2.24) is 10.2 Å². The molecule has 0 unspecified atom stereocenters. The summed E-state index contributed by atoms with van der Waals surface area (Å²) in [5, 5.41) is 16.3. The van der Waals surface area contributed by atoms with E-state index in [0.29, 0.717) is 41.7 Å². The molecule has 3 N–H and O–H groups in total. The summed E-state index contributed by atoms with van der Waals surface area (Å²) in [6.07, 6.45) is 4.04. The number of amides is 2. The van der Waals surface area contributed by atoms with Gasteiger partial charge >= 0.3 is 0 Å². The lowest BCUT2D eigenvalue weighted by atomic mass is 9.88. The average molecular weight is 514 g/mol. The molecule has 3 aromatic rings. The molecular weight excluding hydrogens is 474 g/mol. The molecule has 0 spiro atoms. The summed E-state index contributed by atoms with van der Waals surface area (Å²) in [6.45, 7) is 6.27. The van der Waals surface area contributed by atoms with Gasteiger partial charge in [0, 0.05) is 36.4 Å². The second-order valence-electron chi connectivity index (χ2n) is 9.92. The van der Waals surface area contributed by atoms with Gasteiger partial charge in [-0.15, -0.1) is 0 Å². The summed E-state index contributed by atoms with van der Waals surface area (Å²) in [7, 11) is 1.95. The Morgan fingerprint density at radius 3 is 2.29 bits per heavy atom. The number of nitrogens with one attached hydrogen (secondary N) is 2. The second kappa shape index (κ2) is 12.7. The van der Waals surface area contributed by atoms with E-state index < -0.39 is 0 Å². The molecular formula is C32H39N3O3. The number of aromatic hydroxyl groups is 1. The third-order valence-electron chi connectivity index (χ3n) is 7.26. The molecule has 1 aliphatic carbocycles. The number of rotatable bonds is 7. The minimum absolute atomic E-state index is 0.0140. The molecule has 38 heavy (non-hydrogen) atoms. The molecule has 0 radical (unpaired) electrons. The van der Waals surface area contributed by atoms with Crippen LogP contribution in [0.4, 0.5) is 5.69 Å². The quantitative estimate of drug-likeness (QED) is 0.347. The Kier molecular flexibility index (Phi) is 9.19. The Balaban J connectivity index is 0.00000164. The summed E-state index contributed by atoms with van der Waals surface area (Å²) in [5.74, 6) is 0.724. The molecule has 2 amide bonds. The lowest BCUT2D eigenvalue weighted by Crippen LogP contribution is -2.38. The first-order valence-electron chi connectivity index (χ1n) is 13.8. The van der Waals surface area contributed by atoms with Crippen LogP contribution in [0.2, 0.25) is 0 Å². The van der Waals surface area contributed by atoms with Crippen LogP contribution in [0.25, 0.3) is 0 Å². The topological polar surface area (TPSA) is 81.7 Å². The van der Waals surface area contributed by atoms with Crippen molar-refractivity contribution in [3.63, 3.8) is 0 Å². The molecule has 6 heteroatoms. The predicted octanol–water partition coefficient (Wildman–Crippen LogP) is 6.29. The normalized spacial score (nSPS) is 15.4. The van der Waals surface area contributed by atoms with Crippen LogP contribution in [0.1, 0.15) is 88.8 Å². The standard InChI is InChI=1S/C30H33N3O3.C2H6/c1-31-19-20-4-2-5-23(16-20)21-12-14-33(15-13-21)30(36)25-6-3-7-26(17-25)32-29(35)24-10-11-27(22-8-9-22)28(34)18-24;1-2/h2-7,10-11,16-18,21-22,31,34H,8-9,12-15,19H2,1H3,(H,32,35);1-2H3. The first-order valence-corrected chi connectivity index (χ1v) is 13.8. The Morgan fingerprint density at radius 2 is 1.61 bits per heavy atom. The maximum atomic E-state index is 13.2. The number of carbonyl (C=O) groups excluding carboxylic acids is 2. The summed E-state index contributed by atoms with van der Waals surface area (Å²) in [6, 6.07) is 20.9. The van der Waals surface area contributed by atoms with Crippen LogP contribution < -0.4 is 10.6 Å². The van der Waals surface area contributed by atoms with Crippen LogP contribution in [-0.2, 0) is 6.54 Å². The number of hydrogen-bond acceptors (Lipinski definition) is 4. The number of carbonyl (C=O) groups is 2. The van der Waals surface area contributed by atoms with Crippen molar-refractivity contribution >= 4 is 17.5 Å². The highest BCUT2D eigenvalue weighted by Crippen LogP contribution is 2.44. The zero-order chi connectivity index (χ0) is 27.1. The number of piperidine rings is 1. The minimum atomic E-state index is -0.307. The highest BCUT2D eigenvalue weighted by molar-refractivity contribution is 6.05. The van der Waals surface area contributed by atoms with Crippen LogP contribution in [-0.4, -0.2) is 42.0 Å². The third-order valence-corrected chi connectivity index (χ3v) is 7.26. The molecule has 1 saturated carbocycles. The van der Waals surface area contributed by atoms with E-state index in [1.807, 2.05) is 31.9 Å². The van der Waals surface area contributed by atoms with E-state index in [9.17, 15) is 14.7 Å². The average Bonchev–Trinajstić information content (AvgIpc) is 3.80.